The van der Waals surface area contributed by atoms with Gasteiger partial charge >= 0.3 is 5.97 Å². The monoisotopic (exact) mass is 379 g/mol. The van der Waals surface area contributed by atoms with Crippen LogP contribution >= 0.6 is 0 Å². The first-order valence-corrected chi connectivity index (χ1v) is 9.32. The largest absolute Gasteiger partial charge is 0.454 e. The van der Waals surface area contributed by atoms with Crippen molar-refractivity contribution < 1.29 is 14.3 Å². The van der Waals surface area contributed by atoms with E-state index in [2.05, 4.69) is 23.5 Å². The van der Waals surface area contributed by atoms with E-state index in [0.717, 1.165) is 17.0 Å². The molecular weight excluding hydrogens is 354 g/mol. The molecule has 2 aromatic heterocycles. The van der Waals surface area contributed by atoms with Crippen LogP contribution in [0, 0.1) is 13.8 Å². The molecule has 6 nitrogen and oxygen atoms in total. The second kappa shape index (κ2) is 8.25. The number of aryl methyl sites for hydroxylation is 1. The fourth-order valence-corrected chi connectivity index (χ4v) is 3.47. The molecule has 0 bridgehead atoms. The van der Waals surface area contributed by atoms with Crippen molar-refractivity contribution in [1.29, 1.82) is 0 Å². The average Bonchev–Trinajstić information content (AvgIpc) is 3.27. The number of hydrogen-bond acceptors (Lipinski definition) is 4. The third-order valence-corrected chi connectivity index (χ3v) is 4.73. The van der Waals surface area contributed by atoms with E-state index in [0.29, 0.717) is 17.7 Å². The lowest BCUT2D eigenvalue weighted by Gasteiger charge is -2.13. The van der Waals surface area contributed by atoms with Gasteiger partial charge in [-0.3, -0.25) is 9.48 Å². The Balaban J connectivity index is 1.61. The maximum absolute atomic E-state index is 12.5. The van der Waals surface area contributed by atoms with Gasteiger partial charge in [0.15, 0.2) is 6.61 Å². The molecule has 0 saturated heterocycles. The molecule has 2 heterocycles. The molecule has 0 saturated carbocycles. The number of ether oxygens (including phenoxy) is 1. The third-order valence-electron chi connectivity index (χ3n) is 4.73. The molecule has 28 heavy (non-hydrogen) atoms. The number of esters is 1. The van der Waals surface area contributed by atoms with Crippen molar-refractivity contribution in [3.05, 3.63) is 76.9 Å². The molecule has 3 aromatic rings. The summed E-state index contributed by atoms with van der Waals surface area (Å²) in [5, 5.41) is 4.16. The molecule has 6 heteroatoms. The van der Waals surface area contributed by atoms with Crippen molar-refractivity contribution in [2.24, 2.45) is 0 Å². The number of aromatic nitrogens is 3. The zero-order valence-electron chi connectivity index (χ0n) is 16.7. The zero-order valence-corrected chi connectivity index (χ0v) is 16.7. The lowest BCUT2D eigenvalue weighted by molar-refractivity contribution is 0.0474. The quantitative estimate of drug-likeness (QED) is 0.460. The number of nitrogens with zero attached hydrogens (tertiary/aromatic N) is 3. The van der Waals surface area contributed by atoms with E-state index in [1.54, 1.807) is 23.0 Å². The van der Waals surface area contributed by atoms with Crippen LogP contribution in [0.2, 0.25) is 0 Å². The van der Waals surface area contributed by atoms with E-state index < -0.39 is 5.97 Å². The molecular formula is C22H25N3O3. The van der Waals surface area contributed by atoms with Crippen molar-refractivity contribution in [2.75, 3.05) is 6.61 Å². The number of hydrogen-bond donors (Lipinski definition) is 0. The summed E-state index contributed by atoms with van der Waals surface area (Å²) in [5.41, 5.74) is 3.97. The molecule has 0 amide bonds. The van der Waals surface area contributed by atoms with Crippen LogP contribution in [0.4, 0.5) is 0 Å². The van der Waals surface area contributed by atoms with Crippen LogP contribution in [0.15, 0.2) is 48.8 Å². The number of Topliss-reactive ketones (excluding diaryl/α,β-unsaturated/α-hetero) is 1. The van der Waals surface area contributed by atoms with Gasteiger partial charge in [-0.1, -0.05) is 12.1 Å². The van der Waals surface area contributed by atoms with Crippen molar-refractivity contribution in [3.63, 3.8) is 0 Å². The van der Waals surface area contributed by atoms with Gasteiger partial charge in [0.05, 0.1) is 12.1 Å². The van der Waals surface area contributed by atoms with E-state index in [-0.39, 0.29) is 18.4 Å². The number of ketones is 1. The first-order valence-electron chi connectivity index (χ1n) is 9.32. The lowest BCUT2D eigenvalue weighted by atomic mass is 10.1. The van der Waals surface area contributed by atoms with Gasteiger partial charge in [-0.15, -0.1) is 0 Å². The Hall–Kier alpha value is -3.15. The van der Waals surface area contributed by atoms with Gasteiger partial charge in [0.2, 0.25) is 5.78 Å². The van der Waals surface area contributed by atoms with Crippen LogP contribution in [0.1, 0.15) is 57.6 Å². The molecule has 0 spiro atoms. The third kappa shape index (κ3) is 4.22. The smallest absolute Gasteiger partial charge is 0.338 e. The first-order chi connectivity index (χ1) is 13.4. The maximum Gasteiger partial charge on any atom is 0.338 e. The van der Waals surface area contributed by atoms with Crippen LogP contribution in [0.3, 0.4) is 0 Å². The Bertz CT molecular complexity index is 967. The molecule has 0 aliphatic heterocycles. The molecule has 0 unspecified atom stereocenters. The van der Waals surface area contributed by atoms with Gasteiger partial charge in [0.25, 0.3) is 0 Å². The van der Waals surface area contributed by atoms with Crippen molar-refractivity contribution in [2.45, 2.75) is 40.3 Å². The molecule has 0 atom stereocenters. The minimum atomic E-state index is -0.503. The Morgan fingerprint density at radius 2 is 1.86 bits per heavy atom. The van der Waals surface area contributed by atoms with Crippen molar-refractivity contribution in [1.82, 2.24) is 14.3 Å². The lowest BCUT2D eigenvalue weighted by Crippen LogP contribution is -2.15. The predicted octanol–water partition coefficient (Wildman–Crippen LogP) is 3.97. The van der Waals surface area contributed by atoms with Crippen LogP contribution < -0.4 is 0 Å². The highest BCUT2D eigenvalue weighted by Crippen LogP contribution is 2.20. The second-order valence-electron chi connectivity index (χ2n) is 7.15. The van der Waals surface area contributed by atoms with E-state index in [1.807, 2.05) is 44.3 Å². The summed E-state index contributed by atoms with van der Waals surface area (Å²) in [4.78, 5) is 24.8. The average molecular weight is 379 g/mol. The molecule has 0 radical (unpaired) electrons. The highest BCUT2D eigenvalue weighted by atomic mass is 16.5. The van der Waals surface area contributed by atoms with Crippen LogP contribution in [-0.2, 0) is 11.3 Å². The summed E-state index contributed by atoms with van der Waals surface area (Å²) in [6.45, 7) is 8.40. The van der Waals surface area contributed by atoms with E-state index in [4.69, 9.17) is 4.74 Å². The highest BCUT2D eigenvalue weighted by Gasteiger charge is 2.19. The van der Waals surface area contributed by atoms with Gasteiger partial charge < -0.3 is 9.30 Å². The van der Waals surface area contributed by atoms with Crippen LogP contribution in [0.5, 0.6) is 0 Å². The topological polar surface area (TPSA) is 66.1 Å². The van der Waals surface area contributed by atoms with Gasteiger partial charge in [0, 0.05) is 35.4 Å². The minimum Gasteiger partial charge on any atom is -0.454 e. The van der Waals surface area contributed by atoms with Crippen LogP contribution in [-0.4, -0.2) is 32.7 Å². The molecule has 0 fully saturated rings. The molecule has 0 aliphatic rings. The summed E-state index contributed by atoms with van der Waals surface area (Å²) in [7, 11) is 0. The highest BCUT2D eigenvalue weighted by molar-refractivity contribution is 6.00. The first kappa shape index (κ1) is 19.6. The number of rotatable bonds is 7. The maximum atomic E-state index is 12.5. The predicted molar refractivity (Wildman–Crippen MR) is 107 cm³/mol. The molecule has 1 aromatic carbocycles. The Labute approximate surface area is 164 Å². The fraction of sp³-hybridized carbons (Fsp3) is 0.318. The van der Waals surface area contributed by atoms with E-state index in [9.17, 15) is 9.59 Å². The number of benzene rings is 1. The van der Waals surface area contributed by atoms with Gasteiger partial charge in [-0.2, -0.15) is 5.10 Å². The summed E-state index contributed by atoms with van der Waals surface area (Å²) < 4.78 is 9.15. The summed E-state index contributed by atoms with van der Waals surface area (Å²) in [5.74, 6) is -0.694. The zero-order chi connectivity index (χ0) is 20.3. The van der Waals surface area contributed by atoms with Gasteiger partial charge in [0.1, 0.15) is 0 Å². The minimum absolute atomic E-state index is 0.191. The second-order valence-corrected chi connectivity index (χ2v) is 7.15. The van der Waals surface area contributed by atoms with Gasteiger partial charge in [-0.05, 0) is 57.5 Å². The molecule has 0 aliphatic carbocycles. The summed E-state index contributed by atoms with van der Waals surface area (Å²) in [6.07, 6.45) is 3.60. The Kier molecular flexibility index (Phi) is 5.78. The molecule has 146 valence electrons. The summed E-state index contributed by atoms with van der Waals surface area (Å²) in [6, 6.07) is 11.1. The summed E-state index contributed by atoms with van der Waals surface area (Å²) >= 11 is 0. The SMILES string of the molecule is Cc1cc(C(=O)COC(=O)c2ccc(Cn3cccn3)cc2)c(C)n1C(C)C. The van der Waals surface area contributed by atoms with Crippen LogP contribution in [0.25, 0.3) is 0 Å². The Morgan fingerprint density at radius 1 is 1.14 bits per heavy atom. The van der Waals surface area contributed by atoms with Gasteiger partial charge in [-0.25, -0.2) is 4.79 Å². The van der Waals surface area contributed by atoms with E-state index in [1.165, 1.54) is 0 Å². The molecule has 0 N–H and O–H groups in total. The number of carbonyl (C=O) groups is 2. The van der Waals surface area contributed by atoms with E-state index >= 15 is 0 Å². The number of carbonyl (C=O) groups excluding carboxylic acids is 2. The van der Waals surface area contributed by atoms with Crippen molar-refractivity contribution >= 4 is 11.8 Å². The normalized spacial score (nSPS) is 11.0. The fourth-order valence-electron chi connectivity index (χ4n) is 3.47. The Morgan fingerprint density at radius 3 is 2.43 bits per heavy atom. The molecule has 3 rings (SSSR count). The van der Waals surface area contributed by atoms with Crippen molar-refractivity contribution in [3.8, 4) is 0 Å². The standard InChI is InChI=1S/C22H25N3O3/c1-15(2)25-16(3)12-20(17(25)4)21(26)14-28-22(27)19-8-6-18(7-9-19)13-24-11-5-10-23-24/h5-12,15H,13-14H2,1-4H3.